The molecule has 2 amide bonds. The van der Waals surface area contributed by atoms with Crippen molar-refractivity contribution in [3.63, 3.8) is 0 Å². The number of ether oxygens (including phenoxy) is 1. The number of amides is 2. The number of carbonyl (C=O) groups excluding carboxylic acids is 2. The van der Waals surface area contributed by atoms with Crippen LogP contribution in [0.4, 0.5) is 11.4 Å². The van der Waals surface area contributed by atoms with Crippen molar-refractivity contribution in [2.24, 2.45) is 5.10 Å². The number of sulfonamides is 1. The molecule has 0 atom stereocenters. The van der Waals surface area contributed by atoms with Crippen LogP contribution in [0.25, 0.3) is 0 Å². The Morgan fingerprint density at radius 1 is 1.06 bits per heavy atom. The van der Waals surface area contributed by atoms with Crippen LogP contribution in [0.1, 0.15) is 12.6 Å². The monoisotopic (exact) mass is 481 g/mol. The second-order valence-corrected chi connectivity index (χ2v) is 8.83. The molecule has 1 heterocycles. The highest BCUT2D eigenvalue weighted by atomic mass is 32.2. The predicted molar refractivity (Wildman–Crippen MR) is 128 cm³/mol. The van der Waals surface area contributed by atoms with E-state index in [0.717, 1.165) is 4.31 Å². The van der Waals surface area contributed by atoms with E-state index in [0.29, 0.717) is 17.1 Å². The molecule has 3 aromatic rings. The molecule has 11 heteroatoms. The third-order valence-corrected chi connectivity index (χ3v) is 6.27. The Morgan fingerprint density at radius 2 is 1.76 bits per heavy atom. The lowest BCUT2D eigenvalue weighted by Gasteiger charge is -2.24. The number of carbonyl (C=O) groups is 2. The number of hydrogen-bond acceptors (Lipinski definition) is 7. The van der Waals surface area contributed by atoms with E-state index in [2.05, 4.69) is 20.8 Å². The van der Waals surface area contributed by atoms with Gasteiger partial charge in [-0.25, -0.2) is 13.8 Å². The quantitative estimate of drug-likeness (QED) is 0.357. The molecule has 0 fully saturated rings. The zero-order chi connectivity index (χ0) is 24.6. The van der Waals surface area contributed by atoms with Crippen LogP contribution in [-0.2, 0) is 19.6 Å². The van der Waals surface area contributed by atoms with Crippen LogP contribution in [0.2, 0.25) is 0 Å². The van der Waals surface area contributed by atoms with Gasteiger partial charge in [-0.05, 0) is 60.7 Å². The molecule has 10 nitrogen and oxygen atoms in total. The number of pyridine rings is 1. The second-order valence-electron chi connectivity index (χ2n) is 6.96. The van der Waals surface area contributed by atoms with E-state index in [1.54, 1.807) is 36.5 Å². The molecular formula is C23H23N5O5S. The zero-order valence-electron chi connectivity index (χ0n) is 18.5. The second kappa shape index (κ2) is 11.1. The molecule has 1 aromatic heterocycles. The van der Waals surface area contributed by atoms with E-state index < -0.39 is 22.5 Å². The fraction of sp³-hybridized carbons (Fsp3) is 0.130. The number of hydrazone groups is 1. The number of nitrogens with zero attached hydrogens (tertiary/aromatic N) is 3. The molecule has 2 aromatic carbocycles. The third kappa shape index (κ3) is 6.39. The van der Waals surface area contributed by atoms with Gasteiger partial charge in [0.2, 0.25) is 5.91 Å². The minimum Gasteiger partial charge on any atom is -0.497 e. The molecule has 0 unspecified atom stereocenters. The Labute approximate surface area is 197 Å². The summed E-state index contributed by atoms with van der Waals surface area (Å²) in [5.41, 5.74) is 3.56. The maximum absolute atomic E-state index is 13.4. The summed E-state index contributed by atoms with van der Waals surface area (Å²) in [4.78, 5) is 27.8. The van der Waals surface area contributed by atoms with Crippen LogP contribution in [0.3, 0.4) is 0 Å². The van der Waals surface area contributed by atoms with Gasteiger partial charge in [-0.1, -0.05) is 6.07 Å². The first-order valence-corrected chi connectivity index (χ1v) is 11.5. The Bertz CT molecular complexity index is 1260. The fourth-order valence-corrected chi connectivity index (χ4v) is 4.31. The lowest BCUT2D eigenvalue weighted by Crippen LogP contribution is -2.39. The molecule has 2 N–H and O–H groups in total. The number of aromatic nitrogens is 1. The largest absolute Gasteiger partial charge is 0.497 e. The van der Waals surface area contributed by atoms with Gasteiger partial charge in [0.25, 0.3) is 15.9 Å². The smallest absolute Gasteiger partial charge is 0.264 e. The van der Waals surface area contributed by atoms with Crippen molar-refractivity contribution < 1.29 is 22.7 Å². The molecule has 3 rings (SSSR count). The topological polar surface area (TPSA) is 130 Å². The van der Waals surface area contributed by atoms with Crippen molar-refractivity contribution in [1.29, 1.82) is 0 Å². The minimum absolute atomic E-state index is 0.0535. The summed E-state index contributed by atoms with van der Waals surface area (Å²) < 4.78 is 33.0. The molecule has 176 valence electrons. The molecule has 0 aliphatic rings. The number of methoxy groups -OCH3 is 1. The van der Waals surface area contributed by atoms with Gasteiger partial charge >= 0.3 is 0 Å². The van der Waals surface area contributed by atoms with Crippen molar-refractivity contribution in [3.8, 4) is 5.75 Å². The predicted octanol–water partition coefficient (Wildman–Crippen LogP) is 2.39. The van der Waals surface area contributed by atoms with Crippen LogP contribution in [0.15, 0.2) is 82.9 Å². The van der Waals surface area contributed by atoms with Crippen molar-refractivity contribution in [2.45, 2.75) is 11.8 Å². The number of benzene rings is 2. The van der Waals surface area contributed by atoms with E-state index in [-0.39, 0.29) is 16.5 Å². The number of anilines is 2. The number of rotatable bonds is 9. The molecule has 0 saturated carbocycles. The van der Waals surface area contributed by atoms with Gasteiger partial charge in [0.15, 0.2) is 0 Å². The van der Waals surface area contributed by atoms with Crippen molar-refractivity contribution >= 4 is 39.4 Å². The average molecular weight is 482 g/mol. The summed E-state index contributed by atoms with van der Waals surface area (Å²) in [7, 11) is -2.64. The first kappa shape index (κ1) is 24.4. The fourth-order valence-electron chi connectivity index (χ4n) is 2.89. The third-order valence-electron chi connectivity index (χ3n) is 4.48. The van der Waals surface area contributed by atoms with Crippen LogP contribution >= 0.6 is 0 Å². The Balaban J connectivity index is 1.85. The summed E-state index contributed by atoms with van der Waals surface area (Å²) in [6.45, 7) is 0.826. The molecule has 0 bridgehead atoms. The van der Waals surface area contributed by atoms with E-state index in [1.165, 1.54) is 56.6 Å². The maximum Gasteiger partial charge on any atom is 0.264 e. The van der Waals surface area contributed by atoms with Gasteiger partial charge < -0.3 is 10.1 Å². The summed E-state index contributed by atoms with van der Waals surface area (Å²) in [5, 5.41) is 6.42. The first-order chi connectivity index (χ1) is 16.3. The molecule has 0 spiro atoms. The normalized spacial score (nSPS) is 11.1. The molecule has 34 heavy (non-hydrogen) atoms. The molecule has 0 aliphatic heterocycles. The highest BCUT2D eigenvalue weighted by molar-refractivity contribution is 7.92. The van der Waals surface area contributed by atoms with E-state index in [1.807, 2.05) is 0 Å². The average Bonchev–Trinajstić information content (AvgIpc) is 2.83. The summed E-state index contributed by atoms with van der Waals surface area (Å²) in [6, 6.07) is 17.1. The summed E-state index contributed by atoms with van der Waals surface area (Å²) in [5.74, 6) is -0.398. The lowest BCUT2D eigenvalue weighted by molar-refractivity contribution is -0.119. The minimum atomic E-state index is -4.14. The molecular weight excluding hydrogens is 458 g/mol. The maximum atomic E-state index is 13.4. The van der Waals surface area contributed by atoms with Gasteiger partial charge in [0, 0.05) is 18.8 Å². The van der Waals surface area contributed by atoms with Crippen LogP contribution < -0.4 is 19.8 Å². The number of nitrogens with one attached hydrogen (secondary N) is 2. The molecule has 0 radical (unpaired) electrons. The van der Waals surface area contributed by atoms with Crippen LogP contribution in [0.5, 0.6) is 5.75 Å². The van der Waals surface area contributed by atoms with Crippen molar-refractivity contribution in [3.05, 3.63) is 78.6 Å². The lowest BCUT2D eigenvalue weighted by atomic mass is 10.3. The van der Waals surface area contributed by atoms with Crippen LogP contribution in [-0.4, -0.2) is 45.1 Å². The Hall–Kier alpha value is -4.25. The van der Waals surface area contributed by atoms with Crippen molar-refractivity contribution in [2.75, 3.05) is 23.3 Å². The van der Waals surface area contributed by atoms with E-state index >= 15 is 0 Å². The number of hydrogen-bond donors (Lipinski definition) is 2. The van der Waals surface area contributed by atoms with Crippen LogP contribution in [0, 0.1) is 0 Å². The van der Waals surface area contributed by atoms with E-state index in [9.17, 15) is 18.0 Å². The van der Waals surface area contributed by atoms with E-state index in [4.69, 9.17) is 4.74 Å². The summed E-state index contributed by atoms with van der Waals surface area (Å²) >= 11 is 0. The highest BCUT2D eigenvalue weighted by Crippen LogP contribution is 2.26. The highest BCUT2D eigenvalue weighted by Gasteiger charge is 2.27. The molecule has 0 aliphatic carbocycles. The SMILES string of the molecule is COc1ccc(N(CC(=O)N/N=C\c2ccccn2)S(=O)(=O)c2ccc(NC(C)=O)cc2)cc1. The van der Waals surface area contributed by atoms with Gasteiger partial charge in [-0.2, -0.15) is 5.10 Å². The van der Waals surface area contributed by atoms with Crippen molar-refractivity contribution in [1.82, 2.24) is 10.4 Å². The first-order valence-electron chi connectivity index (χ1n) is 10.1. The summed E-state index contributed by atoms with van der Waals surface area (Å²) in [6.07, 6.45) is 2.93. The Morgan fingerprint density at radius 3 is 2.35 bits per heavy atom. The molecule has 0 saturated heterocycles. The zero-order valence-corrected chi connectivity index (χ0v) is 19.3. The van der Waals surface area contributed by atoms with Gasteiger partial charge in [0.05, 0.1) is 29.6 Å². The standard InChI is InChI=1S/C23H23N5O5S/c1-17(29)26-18-6-12-22(13-7-18)34(31,32)28(20-8-10-21(33-2)11-9-20)16-23(30)27-25-15-19-5-3-4-14-24-19/h3-15H,16H2,1-2H3,(H,26,29)(H,27,30)/b25-15-. The van der Waals surface area contributed by atoms with Gasteiger partial charge in [-0.15, -0.1) is 0 Å². The Kier molecular flexibility index (Phi) is 7.93. The van der Waals surface area contributed by atoms with Gasteiger partial charge in [-0.3, -0.25) is 18.9 Å². The van der Waals surface area contributed by atoms with Gasteiger partial charge in [0.1, 0.15) is 12.3 Å².